The van der Waals surface area contributed by atoms with Crippen molar-refractivity contribution in [2.75, 3.05) is 58.1 Å². The van der Waals surface area contributed by atoms with Crippen molar-refractivity contribution in [1.29, 1.82) is 0 Å². The molecule has 29 heteroatoms. The highest BCUT2D eigenvalue weighted by atomic mass is 32.1. The summed E-state index contributed by atoms with van der Waals surface area (Å²) in [5.41, 5.74) is 29.7. The van der Waals surface area contributed by atoms with Crippen molar-refractivity contribution >= 4 is 81.2 Å². The fourth-order valence-electron chi connectivity index (χ4n) is 8.12. The normalized spacial score (nSPS) is 13.9. The molecule has 1 aromatic carbocycles. The highest BCUT2D eigenvalue weighted by Crippen LogP contribution is 2.26. The molecule has 0 aliphatic carbocycles. The van der Waals surface area contributed by atoms with Crippen molar-refractivity contribution in [2.45, 2.75) is 108 Å². The highest BCUT2D eigenvalue weighted by Gasteiger charge is 2.34. The van der Waals surface area contributed by atoms with Crippen LogP contribution in [-0.2, 0) is 43.2 Å². The number of thiophene rings is 1. The Hall–Kier alpha value is -7.09. The van der Waals surface area contributed by atoms with Crippen LogP contribution in [0.3, 0.4) is 0 Å². The number of aromatic hydroxyl groups is 1. The largest absolute Gasteiger partial charge is 0.508 e. The van der Waals surface area contributed by atoms with Gasteiger partial charge in [0.05, 0.1) is 35.2 Å². The van der Waals surface area contributed by atoms with Crippen molar-refractivity contribution in [2.24, 2.45) is 28.9 Å². The van der Waals surface area contributed by atoms with Gasteiger partial charge in [0.25, 0.3) is 11.8 Å². The zero-order valence-electron chi connectivity index (χ0n) is 46.2. The second-order valence-corrected chi connectivity index (χ2v) is 22.4. The van der Waals surface area contributed by atoms with E-state index in [2.05, 4.69) is 62.5 Å². The number of phenols is 1. The van der Waals surface area contributed by atoms with Crippen LogP contribution in [0.4, 0.5) is 5.82 Å². The minimum absolute atomic E-state index is 0.00885. The number of phenolic OH excluding ortho intramolecular Hbond substituents is 1. The van der Waals surface area contributed by atoms with Gasteiger partial charge >= 0.3 is 0 Å². The molecule has 0 unspecified atom stereocenters. The third-order valence-electron chi connectivity index (χ3n) is 13.0. The van der Waals surface area contributed by atoms with Gasteiger partial charge in [-0.3, -0.25) is 33.6 Å². The third kappa shape index (κ3) is 21.3. The van der Waals surface area contributed by atoms with Crippen LogP contribution in [0.1, 0.15) is 99.8 Å². The van der Waals surface area contributed by atoms with Gasteiger partial charge in [0.2, 0.25) is 29.5 Å². The van der Waals surface area contributed by atoms with E-state index in [4.69, 9.17) is 28.7 Å². The number of thiazole rings is 2. The lowest BCUT2D eigenvalue weighted by Crippen LogP contribution is -2.56. The molecule has 4 heterocycles. The molecule has 82 heavy (non-hydrogen) atoms. The molecule has 0 bridgehead atoms. The number of hydrogen-bond donors (Lipinski definition) is 15. The van der Waals surface area contributed by atoms with Crippen LogP contribution < -0.4 is 71.2 Å². The molecule has 0 spiro atoms. The number of nitrogen functional groups attached to an aromatic ring is 1. The van der Waals surface area contributed by atoms with E-state index in [1.807, 2.05) is 5.38 Å². The summed E-state index contributed by atoms with van der Waals surface area (Å²) in [6, 6.07) is 4.03. The molecular weight excluding hydrogens is 1110 g/mol. The van der Waals surface area contributed by atoms with Crippen LogP contribution in [-0.4, -0.2) is 154 Å². The maximum absolute atomic E-state index is 14.1. The summed E-state index contributed by atoms with van der Waals surface area (Å²) in [5.74, 6) is -6.05. The summed E-state index contributed by atoms with van der Waals surface area (Å²) in [4.78, 5) is 111. The molecule has 4 aromatic heterocycles. The first kappa shape index (κ1) is 65.7. The number of carbonyl (C=O) groups excluding carboxylic acids is 7. The molecule has 0 aliphatic heterocycles. The van der Waals surface area contributed by atoms with Crippen LogP contribution >= 0.6 is 34.0 Å². The molecule has 446 valence electrons. The van der Waals surface area contributed by atoms with E-state index in [9.17, 15) is 43.8 Å². The number of carbonyl (C=O) groups is 7. The number of unbranched alkanes of at least 4 members (excludes halogenated alkanes) is 1. The van der Waals surface area contributed by atoms with Gasteiger partial charge in [0.15, 0.2) is 0 Å². The number of aromatic nitrogens is 4. The molecule has 5 aromatic rings. The van der Waals surface area contributed by atoms with Crippen molar-refractivity contribution in [3.05, 3.63) is 90.8 Å². The van der Waals surface area contributed by atoms with Crippen molar-refractivity contribution < 1.29 is 43.8 Å². The van der Waals surface area contributed by atoms with E-state index >= 15 is 0 Å². The average molecular weight is 1190 g/mol. The lowest BCUT2D eigenvalue weighted by Gasteiger charge is -2.28. The number of nitrogens with two attached hydrogens (primary N) is 5. The molecule has 0 saturated carbocycles. The fourth-order valence-corrected chi connectivity index (χ4v) is 10.5. The Morgan fingerprint density at radius 3 is 2.09 bits per heavy atom. The van der Waals surface area contributed by atoms with Gasteiger partial charge in [-0.15, -0.1) is 34.0 Å². The predicted molar refractivity (Wildman–Crippen MR) is 314 cm³/mol. The van der Waals surface area contributed by atoms with Crippen molar-refractivity contribution in [1.82, 2.24) is 62.5 Å². The molecule has 20 N–H and O–H groups in total. The number of hydrogen-bond acceptors (Lipinski definition) is 22. The first-order valence-electron chi connectivity index (χ1n) is 26.9. The Bertz CT molecular complexity index is 2870. The van der Waals surface area contributed by atoms with Gasteiger partial charge in [-0.2, -0.15) is 0 Å². The number of rotatable bonds is 37. The quantitative estimate of drug-likeness (QED) is 0.0221. The molecule has 0 saturated heterocycles. The highest BCUT2D eigenvalue weighted by molar-refractivity contribution is 7.14. The SMILES string of the molecule is Cc1c(N)nc([C@H](CC(N)=O)NC[C@H](N)C(N)=O)nc1C(=O)N[C@@H](Cc1cccs1)C(=O)N[C@H](C)[C@@H](O)[C@H](C)C(=O)N[C@@H](Cc1ccc(O)cc1)C(=O)NCCc1nc(-c2nc(C(=O)NCCCNCCCCNCCCN)cs2)cs1. The number of amides is 7. The maximum atomic E-state index is 14.1. The third-order valence-corrected chi connectivity index (χ3v) is 15.7. The minimum Gasteiger partial charge on any atom is -0.508 e. The zero-order valence-corrected chi connectivity index (χ0v) is 48.7. The van der Waals surface area contributed by atoms with Gasteiger partial charge in [0, 0.05) is 66.5 Å². The Balaban J connectivity index is 1.16. The van der Waals surface area contributed by atoms with E-state index in [0.29, 0.717) is 46.5 Å². The van der Waals surface area contributed by atoms with Gasteiger partial charge in [0.1, 0.15) is 51.6 Å². The van der Waals surface area contributed by atoms with E-state index in [0.717, 1.165) is 56.7 Å². The van der Waals surface area contributed by atoms with Gasteiger partial charge < -0.3 is 81.4 Å². The number of benzene rings is 1. The Morgan fingerprint density at radius 2 is 1.41 bits per heavy atom. The molecule has 7 atom stereocenters. The zero-order chi connectivity index (χ0) is 59.7. The average Bonchev–Trinajstić information content (AvgIpc) is 4.27. The van der Waals surface area contributed by atoms with Crippen molar-refractivity contribution in [3.8, 4) is 16.5 Å². The Morgan fingerprint density at radius 1 is 0.720 bits per heavy atom. The Labute approximate surface area is 487 Å². The minimum atomic E-state index is -1.50. The monoisotopic (exact) mass is 1190 g/mol. The number of aliphatic hydroxyl groups excluding tert-OH is 1. The standard InChI is InChI=1S/C53H77N17O9S3/c1-29-43(69-47(70-45(29)57)36(25-41(56)72)63-26-35(55)46(58)74)52(79)67-38(24-34-9-6-22-80-34)51(78)64-31(3)44(73)30(2)48(75)66-37(23-32-10-12-33(71)13-11-32)49(76)62-21-14-42-65-40(28-81-42)53-68-39(27-82-53)50(77)61-20-8-19-60-17-5-4-16-59-18-7-15-54/h6,9-13,22,27-28,30-31,35-38,44,59-60,63,71,73H,4-5,7-8,14-21,23-26,54-55H2,1-3H3,(H2,56,72)(H2,58,74)(H,61,77)(H,62,76)(H,64,78)(H,66,75)(H,67,79)(H2,57,69,70)/t30-,31+,35-,36-,37-,38-,44-/m0/s1. The van der Waals surface area contributed by atoms with Crippen LogP contribution in [0.15, 0.2) is 52.5 Å². The summed E-state index contributed by atoms with van der Waals surface area (Å²) in [6.45, 7) is 9.18. The lowest BCUT2D eigenvalue weighted by molar-refractivity contribution is -0.134. The molecule has 0 radical (unpaired) electrons. The number of primary amides is 2. The van der Waals surface area contributed by atoms with Crippen LogP contribution in [0.5, 0.6) is 5.75 Å². The van der Waals surface area contributed by atoms with E-state index in [-0.39, 0.29) is 66.9 Å². The Kier molecular flexibility index (Phi) is 27.0. The number of anilines is 1. The predicted octanol–water partition coefficient (Wildman–Crippen LogP) is -0.610. The smallest absolute Gasteiger partial charge is 0.271 e. The summed E-state index contributed by atoms with van der Waals surface area (Å²) in [7, 11) is 0. The summed E-state index contributed by atoms with van der Waals surface area (Å²) < 4.78 is 0. The number of aliphatic hydroxyl groups is 1. The second-order valence-electron chi connectivity index (χ2n) is 19.6. The van der Waals surface area contributed by atoms with Crippen molar-refractivity contribution in [3.63, 3.8) is 0 Å². The van der Waals surface area contributed by atoms with Gasteiger partial charge in [-0.1, -0.05) is 25.1 Å². The summed E-state index contributed by atoms with van der Waals surface area (Å²) >= 11 is 4.00. The molecule has 26 nitrogen and oxygen atoms in total. The van der Waals surface area contributed by atoms with Gasteiger partial charge in [-0.25, -0.2) is 19.9 Å². The number of nitrogens with zero attached hydrogens (tertiary/aromatic N) is 4. The summed E-state index contributed by atoms with van der Waals surface area (Å²) in [6.07, 6.45) is 2.40. The van der Waals surface area contributed by atoms with E-state index in [1.165, 1.54) is 66.9 Å². The molecule has 0 fully saturated rings. The first-order chi connectivity index (χ1) is 39.2. The first-order valence-corrected chi connectivity index (χ1v) is 29.6. The second kappa shape index (κ2) is 33.7. The lowest BCUT2D eigenvalue weighted by atomic mass is 9.96. The fraction of sp³-hybridized carbons (Fsp3) is 0.491. The van der Waals surface area contributed by atoms with E-state index in [1.54, 1.807) is 35.0 Å². The van der Waals surface area contributed by atoms with E-state index < -0.39 is 77.7 Å². The van der Waals surface area contributed by atoms with Crippen LogP contribution in [0.25, 0.3) is 10.7 Å². The van der Waals surface area contributed by atoms with Crippen LogP contribution in [0.2, 0.25) is 0 Å². The molecule has 0 aliphatic rings. The molecule has 5 rings (SSSR count). The number of nitrogens with one attached hydrogen (secondary N) is 8. The summed E-state index contributed by atoms with van der Waals surface area (Å²) in [5, 5.41) is 51.7. The molecule has 7 amide bonds. The maximum Gasteiger partial charge on any atom is 0.271 e. The topological polar surface area (TPSA) is 438 Å². The van der Waals surface area contributed by atoms with Crippen LogP contribution in [0, 0.1) is 12.8 Å². The van der Waals surface area contributed by atoms with Gasteiger partial charge in [-0.05, 0) is 101 Å². The molecular formula is C53H77N17O9S3.